The number of nitrogens with one attached hydrogen (secondary N) is 1. The van der Waals surface area contributed by atoms with Crippen LogP contribution in [0.4, 0.5) is 5.95 Å². The highest BCUT2D eigenvalue weighted by molar-refractivity contribution is 7.88. The number of aromatic nitrogens is 6. The Morgan fingerprint density at radius 3 is 1.60 bits per heavy atom. The molecular weight excluding hydrogens is 797 g/mol. The highest BCUT2D eigenvalue weighted by Gasteiger charge is 2.34. The lowest BCUT2D eigenvalue weighted by atomic mass is 10.2. The lowest BCUT2D eigenvalue weighted by Crippen LogP contribution is -2.57. The van der Waals surface area contributed by atoms with Crippen LogP contribution < -0.4 is 22.2 Å². The van der Waals surface area contributed by atoms with Gasteiger partial charge in [-0.05, 0) is 37.8 Å². The second-order valence-electron chi connectivity index (χ2n) is 14.7. The Kier molecular flexibility index (Phi) is 12.5. The van der Waals surface area contributed by atoms with Crippen molar-refractivity contribution in [3.63, 3.8) is 0 Å². The van der Waals surface area contributed by atoms with E-state index < -0.39 is 30.8 Å². The molecule has 22 heteroatoms. The molecular formula is C35H44N12O7S3. The van der Waals surface area contributed by atoms with E-state index in [9.17, 15) is 35.9 Å². The summed E-state index contributed by atoms with van der Waals surface area (Å²) in [5.74, 6) is 0.358. The molecule has 3 N–H and O–H groups in total. The molecule has 19 nitrogen and oxygen atoms in total. The average Bonchev–Trinajstić information content (AvgIpc) is 3.86. The molecule has 4 aliphatic rings. The highest BCUT2D eigenvalue weighted by Crippen LogP contribution is 2.32. The van der Waals surface area contributed by atoms with Gasteiger partial charge in [0.15, 0.2) is 0 Å². The molecule has 2 aliphatic carbocycles. The fourth-order valence-corrected chi connectivity index (χ4v) is 9.56. The molecule has 57 heavy (non-hydrogen) atoms. The van der Waals surface area contributed by atoms with Crippen LogP contribution in [0, 0.1) is 22.7 Å². The van der Waals surface area contributed by atoms with Gasteiger partial charge in [-0.15, -0.1) is 0 Å². The number of nitrogens with zero attached hydrogens (tertiary/aromatic N) is 10. The van der Waals surface area contributed by atoms with Gasteiger partial charge >= 0.3 is 0 Å². The summed E-state index contributed by atoms with van der Waals surface area (Å²) in [4.78, 5) is 42.4. The van der Waals surface area contributed by atoms with Crippen LogP contribution in [-0.4, -0.2) is 116 Å². The van der Waals surface area contributed by atoms with Gasteiger partial charge < -0.3 is 11.1 Å². The number of hydrogen-bond acceptors (Lipinski definition) is 15. The van der Waals surface area contributed by atoms with Crippen LogP contribution in [0.15, 0.2) is 39.3 Å². The highest BCUT2D eigenvalue weighted by atomic mass is 32.2. The molecule has 4 fully saturated rings. The molecule has 0 amide bonds. The number of hydrogen-bond donors (Lipinski definition) is 2. The average molecular weight is 841 g/mol. The first kappa shape index (κ1) is 41.9. The minimum Gasteiger partial charge on any atom is -0.349 e. The van der Waals surface area contributed by atoms with Crippen molar-refractivity contribution in [2.24, 2.45) is 5.73 Å². The van der Waals surface area contributed by atoms with Crippen molar-refractivity contribution in [2.45, 2.75) is 80.7 Å². The van der Waals surface area contributed by atoms with E-state index in [4.69, 9.17) is 11.0 Å². The van der Waals surface area contributed by atoms with Crippen molar-refractivity contribution in [2.75, 3.05) is 50.3 Å². The Morgan fingerprint density at radius 1 is 0.754 bits per heavy atom. The van der Waals surface area contributed by atoms with Crippen LogP contribution in [0.2, 0.25) is 0 Å². The minimum atomic E-state index is -3.18. The first-order chi connectivity index (χ1) is 27.0. The lowest BCUT2D eigenvalue weighted by molar-refractivity contribution is 0.267. The molecule has 2 saturated heterocycles. The van der Waals surface area contributed by atoms with Gasteiger partial charge in [-0.25, -0.2) is 31.8 Å². The molecule has 2 aliphatic heterocycles. The van der Waals surface area contributed by atoms with Gasteiger partial charge in [0.25, 0.3) is 11.1 Å². The van der Waals surface area contributed by atoms with E-state index in [1.807, 2.05) is 12.1 Å². The summed E-state index contributed by atoms with van der Waals surface area (Å²) in [6, 6.07) is 7.03. The number of anilines is 1. The number of fused-ring (bicyclic) bond motifs is 2. The van der Waals surface area contributed by atoms with Crippen LogP contribution in [-0.2, 0) is 30.8 Å². The fraction of sp³-hybridized carbons (Fsp3) is 0.543. The first-order valence-corrected chi connectivity index (χ1v) is 23.6. The van der Waals surface area contributed by atoms with Crippen molar-refractivity contribution in [1.82, 2.24) is 37.7 Å². The largest absolute Gasteiger partial charge is 0.349 e. The standard InChI is InChI=1S/C17H20N6O3S.C14H14N4O2S.C4H10N2O2S/c1-27(25,26)22-9-13(10-22)20-17-19-8-12-6-11(7-18)16(24)23(15(12)21-17)14-4-2-3-5-14;1-21(20)14-16-8-10-6-9(7-15)13(19)18(12(10)17-14)11-4-2-3-5-11;1-9(7,8)6-2-4(5)3-6/h6,8,13-14H,2-5,9-10H2,1H3,(H,19,20,21);6,8,11H,2-5H2,1H3;4H,2-3,5H2,1H3. The number of pyridine rings is 2. The van der Waals surface area contributed by atoms with Gasteiger partial charge in [0.1, 0.15) is 34.6 Å². The molecule has 0 spiro atoms. The molecule has 1 unspecified atom stereocenters. The van der Waals surface area contributed by atoms with E-state index in [1.54, 1.807) is 15.3 Å². The Morgan fingerprint density at radius 2 is 1.19 bits per heavy atom. The Balaban J connectivity index is 0.000000162. The summed E-state index contributed by atoms with van der Waals surface area (Å²) in [6.45, 7) is 1.70. The third-order valence-corrected chi connectivity index (χ3v) is 13.6. The third kappa shape index (κ3) is 9.37. The van der Waals surface area contributed by atoms with E-state index in [0.717, 1.165) is 51.4 Å². The molecule has 8 rings (SSSR count). The van der Waals surface area contributed by atoms with E-state index in [-0.39, 0.29) is 51.6 Å². The molecule has 2 saturated carbocycles. The van der Waals surface area contributed by atoms with Crippen LogP contribution in [0.5, 0.6) is 0 Å². The summed E-state index contributed by atoms with van der Waals surface area (Å²) in [5.41, 5.74) is 5.92. The number of nitriles is 2. The molecule has 1 atom stereocenters. The predicted molar refractivity (Wildman–Crippen MR) is 213 cm³/mol. The molecule has 6 heterocycles. The normalized spacial score (nSPS) is 19.1. The van der Waals surface area contributed by atoms with E-state index in [0.29, 0.717) is 54.2 Å². The van der Waals surface area contributed by atoms with Crippen molar-refractivity contribution in [3.05, 3.63) is 56.4 Å². The van der Waals surface area contributed by atoms with Crippen molar-refractivity contribution in [3.8, 4) is 12.1 Å². The number of sulfonamides is 2. The quantitative estimate of drug-likeness (QED) is 0.245. The van der Waals surface area contributed by atoms with Gasteiger partial charge in [0.2, 0.25) is 31.2 Å². The molecule has 0 radical (unpaired) electrons. The van der Waals surface area contributed by atoms with Crippen molar-refractivity contribution in [1.29, 1.82) is 10.5 Å². The van der Waals surface area contributed by atoms with Crippen LogP contribution in [0.1, 0.15) is 74.6 Å². The first-order valence-electron chi connectivity index (χ1n) is 18.4. The van der Waals surface area contributed by atoms with Gasteiger partial charge in [-0.1, -0.05) is 25.7 Å². The second-order valence-corrected chi connectivity index (χ2v) is 19.9. The van der Waals surface area contributed by atoms with Crippen molar-refractivity contribution >= 4 is 58.9 Å². The Bertz CT molecular complexity index is 2630. The smallest absolute Gasteiger partial charge is 0.270 e. The van der Waals surface area contributed by atoms with Crippen molar-refractivity contribution < 1.29 is 21.0 Å². The lowest BCUT2D eigenvalue weighted by Gasteiger charge is -2.37. The molecule has 4 aromatic rings. The minimum absolute atomic E-state index is 0.0421. The second kappa shape index (κ2) is 17.0. The SMILES string of the molecule is CS(=O)(=O)N1CC(N)C1.CS(=O)(=O)N1CC(Nc2ncc3cc(C#N)c(=O)n(C4CCCC4)c3n2)C1.CS(=O)c1ncc2cc(C#N)c(=O)n(C3CCCC3)c2n1. The van der Waals surface area contributed by atoms with E-state index >= 15 is 0 Å². The maximum Gasteiger partial charge on any atom is 0.270 e. The van der Waals surface area contributed by atoms with E-state index in [1.165, 1.54) is 45.7 Å². The molecule has 0 bridgehead atoms. The zero-order valence-corrected chi connectivity index (χ0v) is 34.2. The van der Waals surface area contributed by atoms with Crippen LogP contribution in [0.25, 0.3) is 22.1 Å². The molecule has 4 aromatic heterocycles. The maximum atomic E-state index is 12.7. The maximum absolute atomic E-state index is 12.7. The summed E-state index contributed by atoms with van der Waals surface area (Å²) >= 11 is 0. The van der Waals surface area contributed by atoms with Crippen LogP contribution >= 0.6 is 0 Å². The summed E-state index contributed by atoms with van der Waals surface area (Å²) < 4.78 is 61.8. The number of nitrogens with two attached hydrogens (primary N) is 1. The summed E-state index contributed by atoms with van der Waals surface area (Å²) in [6.07, 6.45) is 14.8. The zero-order chi connectivity index (χ0) is 41.2. The summed E-state index contributed by atoms with van der Waals surface area (Å²) in [5, 5.41) is 23.0. The zero-order valence-electron chi connectivity index (χ0n) is 31.7. The van der Waals surface area contributed by atoms with Gasteiger partial charge in [-0.3, -0.25) is 22.9 Å². The van der Waals surface area contributed by atoms with Gasteiger partial charge in [-0.2, -0.15) is 24.1 Å². The monoisotopic (exact) mass is 840 g/mol. The molecule has 0 aromatic carbocycles. The van der Waals surface area contributed by atoms with Gasteiger partial charge in [0.05, 0.1) is 29.4 Å². The Hall–Kier alpha value is -4.71. The number of rotatable bonds is 7. The summed E-state index contributed by atoms with van der Waals surface area (Å²) in [7, 11) is -7.44. The fourth-order valence-electron chi connectivity index (χ4n) is 7.32. The Labute approximate surface area is 332 Å². The van der Waals surface area contributed by atoms with E-state index in [2.05, 4.69) is 25.3 Å². The van der Waals surface area contributed by atoms with Crippen LogP contribution in [0.3, 0.4) is 0 Å². The molecule has 304 valence electrons. The third-order valence-electron chi connectivity index (χ3n) is 10.4. The van der Waals surface area contributed by atoms with Gasteiger partial charge in [0, 0.05) is 73.7 Å². The topological polar surface area (TPSA) is 273 Å². The predicted octanol–water partition coefficient (Wildman–Crippen LogP) is 0.939.